The lowest BCUT2D eigenvalue weighted by atomic mass is 10.1. The molecule has 0 unspecified atom stereocenters. The number of benzene rings is 1. The van der Waals surface area contributed by atoms with E-state index in [1.165, 1.54) is 11.1 Å². The summed E-state index contributed by atoms with van der Waals surface area (Å²) in [6, 6.07) is 10.6. The summed E-state index contributed by atoms with van der Waals surface area (Å²) >= 11 is 0. The number of nitrogens with one attached hydrogen (secondary N) is 1. The molecule has 0 aliphatic carbocycles. The Bertz CT molecular complexity index is 743. The first kappa shape index (κ1) is 18.7. The summed E-state index contributed by atoms with van der Waals surface area (Å²) in [5.41, 5.74) is 5.36. The lowest BCUT2D eigenvalue weighted by Gasteiger charge is -2.26. The average molecular weight is 355 g/mol. The highest BCUT2D eigenvalue weighted by Gasteiger charge is 2.18. The van der Waals surface area contributed by atoms with Crippen LogP contribution < -0.4 is 5.32 Å². The van der Waals surface area contributed by atoms with Gasteiger partial charge in [0.05, 0.1) is 13.2 Å². The van der Waals surface area contributed by atoms with Gasteiger partial charge in [0, 0.05) is 38.4 Å². The van der Waals surface area contributed by atoms with Gasteiger partial charge in [-0.15, -0.1) is 0 Å². The van der Waals surface area contributed by atoms with Crippen molar-refractivity contribution in [1.82, 2.24) is 14.8 Å². The highest BCUT2D eigenvalue weighted by atomic mass is 16.5. The quantitative estimate of drug-likeness (QED) is 0.866. The largest absolute Gasteiger partial charge is 0.379 e. The van der Waals surface area contributed by atoms with Gasteiger partial charge >= 0.3 is 0 Å². The van der Waals surface area contributed by atoms with Crippen molar-refractivity contribution in [3.05, 3.63) is 58.4 Å². The molecule has 140 valence electrons. The number of carbonyl (C=O) groups is 1. The first-order valence-corrected chi connectivity index (χ1v) is 9.35. The molecule has 1 aromatic heterocycles. The van der Waals surface area contributed by atoms with Crippen LogP contribution in [0.2, 0.25) is 0 Å². The number of carbonyl (C=O) groups excluding carboxylic acids is 1. The second kappa shape index (κ2) is 8.52. The van der Waals surface area contributed by atoms with Crippen molar-refractivity contribution in [2.75, 3.05) is 39.4 Å². The van der Waals surface area contributed by atoms with Crippen LogP contribution in [0.25, 0.3) is 0 Å². The molecular formula is C21H29N3O2. The van der Waals surface area contributed by atoms with E-state index in [1.54, 1.807) is 0 Å². The van der Waals surface area contributed by atoms with Crippen molar-refractivity contribution in [2.45, 2.75) is 27.3 Å². The van der Waals surface area contributed by atoms with Crippen LogP contribution in [0.5, 0.6) is 0 Å². The van der Waals surface area contributed by atoms with Gasteiger partial charge in [-0.2, -0.15) is 0 Å². The maximum absolute atomic E-state index is 12.8. The van der Waals surface area contributed by atoms with Crippen molar-refractivity contribution in [3.63, 3.8) is 0 Å². The molecule has 1 aromatic carbocycles. The van der Waals surface area contributed by atoms with E-state index < -0.39 is 0 Å². The molecule has 2 aromatic rings. The second-order valence-corrected chi connectivity index (χ2v) is 7.10. The van der Waals surface area contributed by atoms with Gasteiger partial charge in [-0.05, 0) is 38.0 Å². The van der Waals surface area contributed by atoms with Crippen LogP contribution >= 0.6 is 0 Å². The third-order valence-electron chi connectivity index (χ3n) is 4.99. The van der Waals surface area contributed by atoms with Crippen LogP contribution in [-0.4, -0.2) is 54.8 Å². The van der Waals surface area contributed by atoms with E-state index >= 15 is 0 Å². The molecule has 1 saturated heterocycles. The van der Waals surface area contributed by atoms with Gasteiger partial charge in [-0.25, -0.2) is 0 Å². The Morgan fingerprint density at radius 1 is 1.12 bits per heavy atom. The van der Waals surface area contributed by atoms with Crippen LogP contribution in [0.1, 0.15) is 32.9 Å². The van der Waals surface area contributed by atoms with Gasteiger partial charge in [-0.3, -0.25) is 9.69 Å². The van der Waals surface area contributed by atoms with Crippen LogP contribution in [0.4, 0.5) is 0 Å². The Morgan fingerprint density at radius 2 is 1.81 bits per heavy atom. The predicted molar refractivity (Wildman–Crippen MR) is 104 cm³/mol. The predicted octanol–water partition coefficient (Wildman–Crippen LogP) is 2.52. The van der Waals surface area contributed by atoms with Crippen molar-refractivity contribution >= 4 is 5.91 Å². The molecule has 1 fully saturated rings. The molecule has 5 nitrogen and oxygen atoms in total. The maximum Gasteiger partial charge on any atom is 0.268 e. The highest BCUT2D eigenvalue weighted by Crippen LogP contribution is 2.17. The first-order chi connectivity index (χ1) is 12.5. The van der Waals surface area contributed by atoms with Gasteiger partial charge in [0.25, 0.3) is 5.91 Å². The number of morpholine rings is 1. The van der Waals surface area contributed by atoms with E-state index in [4.69, 9.17) is 4.74 Å². The average Bonchev–Trinajstić information content (AvgIpc) is 2.91. The van der Waals surface area contributed by atoms with E-state index in [0.29, 0.717) is 13.1 Å². The molecule has 5 heteroatoms. The summed E-state index contributed by atoms with van der Waals surface area (Å²) in [5.74, 6) is 0.0102. The van der Waals surface area contributed by atoms with E-state index in [2.05, 4.69) is 59.0 Å². The summed E-state index contributed by atoms with van der Waals surface area (Å²) in [6.45, 7) is 11.8. The monoisotopic (exact) mass is 355 g/mol. The Balaban J connectivity index is 1.66. The number of aryl methyl sites for hydroxylation is 3. The number of ether oxygens (including phenoxy) is 1. The number of hydrogen-bond acceptors (Lipinski definition) is 3. The molecule has 1 amide bonds. The van der Waals surface area contributed by atoms with Crippen LogP contribution in [0.3, 0.4) is 0 Å². The van der Waals surface area contributed by atoms with E-state index in [0.717, 1.165) is 49.8 Å². The van der Waals surface area contributed by atoms with Crippen LogP contribution in [0.15, 0.2) is 30.3 Å². The first-order valence-electron chi connectivity index (χ1n) is 9.35. The van der Waals surface area contributed by atoms with Crippen molar-refractivity contribution < 1.29 is 9.53 Å². The fourth-order valence-electron chi connectivity index (χ4n) is 3.47. The van der Waals surface area contributed by atoms with Gasteiger partial charge in [0.15, 0.2) is 0 Å². The Labute approximate surface area is 156 Å². The fourth-order valence-corrected chi connectivity index (χ4v) is 3.47. The Morgan fingerprint density at radius 3 is 2.50 bits per heavy atom. The topological polar surface area (TPSA) is 46.5 Å². The molecule has 1 aliphatic rings. The molecule has 26 heavy (non-hydrogen) atoms. The fraction of sp³-hybridized carbons (Fsp3) is 0.476. The lowest BCUT2D eigenvalue weighted by Crippen LogP contribution is -2.41. The van der Waals surface area contributed by atoms with Gasteiger partial charge in [-0.1, -0.05) is 29.8 Å². The third-order valence-corrected chi connectivity index (χ3v) is 4.99. The summed E-state index contributed by atoms with van der Waals surface area (Å²) in [7, 11) is 0. The summed E-state index contributed by atoms with van der Waals surface area (Å²) in [4.78, 5) is 15.1. The molecule has 1 N–H and O–H groups in total. The minimum atomic E-state index is 0.0102. The van der Waals surface area contributed by atoms with Crippen molar-refractivity contribution in [1.29, 1.82) is 0 Å². The van der Waals surface area contributed by atoms with E-state index in [1.807, 2.05) is 6.92 Å². The minimum Gasteiger partial charge on any atom is -0.379 e. The zero-order valence-electron chi connectivity index (χ0n) is 16.0. The van der Waals surface area contributed by atoms with Gasteiger partial charge in [0.1, 0.15) is 5.69 Å². The third kappa shape index (κ3) is 4.54. The molecule has 0 atom stereocenters. The SMILES string of the molecule is Cc1ccc(Cn2c(C)cc(C)c2C(=O)NCCN2CCOCC2)cc1. The summed E-state index contributed by atoms with van der Waals surface area (Å²) < 4.78 is 7.48. The Kier molecular flexibility index (Phi) is 6.12. The van der Waals surface area contributed by atoms with Crippen molar-refractivity contribution in [3.8, 4) is 0 Å². The van der Waals surface area contributed by atoms with Crippen molar-refractivity contribution in [2.24, 2.45) is 0 Å². The second-order valence-electron chi connectivity index (χ2n) is 7.10. The highest BCUT2D eigenvalue weighted by molar-refractivity contribution is 5.94. The standard InChI is InChI=1S/C21H29N3O2/c1-16-4-6-19(7-5-16)15-24-18(3)14-17(2)20(24)21(25)22-8-9-23-10-12-26-13-11-23/h4-7,14H,8-13,15H2,1-3H3,(H,22,25). The van der Waals surface area contributed by atoms with Crippen LogP contribution in [-0.2, 0) is 11.3 Å². The molecular weight excluding hydrogens is 326 g/mol. The summed E-state index contributed by atoms with van der Waals surface area (Å²) in [5, 5.41) is 3.09. The summed E-state index contributed by atoms with van der Waals surface area (Å²) in [6.07, 6.45) is 0. The molecule has 0 radical (unpaired) electrons. The maximum atomic E-state index is 12.8. The smallest absolute Gasteiger partial charge is 0.268 e. The zero-order valence-corrected chi connectivity index (χ0v) is 16.0. The minimum absolute atomic E-state index is 0.0102. The van der Waals surface area contributed by atoms with E-state index in [-0.39, 0.29) is 5.91 Å². The van der Waals surface area contributed by atoms with E-state index in [9.17, 15) is 4.79 Å². The molecule has 0 bridgehead atoms. The normalized spacial score (nSPS) is 15.2. The number of rotatable bonds is 6. The number of hydrogen-bond donors (Lipinski definition) is 1. The van der Waals surface area contributed by atoms with Crippen LogP contribution in [0, 0.1) is 20.8 Å². The Hall–Kier alpha value is -2.11. The zero-order chi connectivity index (χ0) is 18.5. The number of nitrogens with zero attached hydrogens (tertiary/aromatic N) is 2. The lowest BCUT2D eigenvalue weighted by molar-refractivity contribution is 0.0383. The molecule has 3 rings (SSSR count). The molecule has 0 spiro atoms. The molecule has 0 saturated carbocycles. The number of amides is 1. The molecule has 1 aliphatic heterocycles. The van der Waals surface area contributed by atoms with Gasteiger partial charge in [0.2, 0.25) is 0 Å². The molecule has 2 heterocycles. The van der Waals surface area contributed by atoms with Gasteiger partial charge < -0.3 is 14.6 Å². The number of aromatic nitrogens is 1.